The molecule has 0 saturated carbocycles. The van der Waals surface area contributed by atoms with Crippen LogP contribution < -0.4 is 20.9 Å². The Morgan fingerprint density at radius 3 is 2.91 bits per heavy atom. The highest BCUT2D eigenvalue weighted by atomic mass is 16.5. The third kappa shape index (κ3) is 4.43. The van der Waals surface area contributed by atoms with Gasteiger partial charge in [0, 0.05) is 20.1 Å². The summed E-state index contributed by atoms with van der Waals surface area (Å²) in [4.78, 5) is 34.0. The molecule has 3 aromatic rings. The molecule has 0 bridgehead atoms. The van der Waals surface area contributed by atoms with Crippen LogP contribution in [0.1, 0.15) is 32.3 Å². The number of H-pyrrole nitrogens is 1. The van der Waals surface area contributed by atoms with Gasteiger partial charge in [-0.2, -0.15) is 4.98 Å². The number of anilines is 1. The van der Waals surface area contributed by atoms with Gasteiger partial charge in [-0.3, -0.25) is 14.3 Å². The Bertz CT molecular complexity index is 1210. The summed E-state index contributed by atoms with van der Waals surface area (Å²) in [6.45, 7) is 6.10. The fraction of sp³-hybridized carbons (Fsp3) is 0.522. The number of aromatic nitrogens is 4. The smallest absolute Gasteiger partial charge is 0.329 e. The van der Waals surface area contributed by atoms with Gasteiger partial charge in [0.2, 0.25) is 5.95 Å². The molecule has 4 rings (SSSR count). The highest BCUT2D eigenvalue weighted by Crippen LogP contribution is 2.25. The largest absolute Gasteiger partial charge is 0.491 e. The lowest BCUT2D eigenvalue weighted by molar-refractivity contribution is 0.0935. The van der Waals surface area contributed by atoms with E-state index < -0.39 is 17.4 Å². The van der Waals surface area contributed by atoms with E-state index in [4.69, 9.17) is 4.74 Å². The number of fused-ring (bicyclic) bond motifs is 1. The molecule has 2 atom stereocenters. The molecule has 172 valence electrons. The monoisotopic (exact) mass is 441 g/mol. The highest BCUT2D eigenvalue weighted by Gasteiger charge is 2.26. The molecule has 1 saturated heterocycles. The van der Waals surface area contributed by atoms with Crippen LogP contribution in [0.4, 0.5) is 5.95 Å². The molecule has 0 amide bonds. The Balaban J connectivity index is 1.65. The van der Waals surface area contributed by atoms with Crippen molar-refractivity contribution in [1.82, 2.24) is 19.1 Å². The number of hydrogen-bond donors (Lipinski definition) is 2. The van der Waals surface area contributed by atoms with Gasteiger partial charge in [-0.15, -0.1) is 0 Å². The van der Waals surface area contributed by atoms with Crippen molar-refractivity contribution in [2.75, 3.05) is 24.6 Å². The third-order valence-corrected chi connectivity index (χ3v) is 6.07. The summed E-state index contributed by atoms with van der Waals surface area (Å²) in [7, 11) is 1.58. The van der Waals surface area contributed by atoms with Gasteiger partial charge in [0.05, 0.1) is 6.54 Å². The van der Waals surface area contributed by atoms with Crippen LogP contribution in [0.5, 0.6) is 5.75 Å². The maximum Gasteiger partial charge on any atom is 0.329 e. The molecular weight excluding hydrogens is 410 g/mol. The number of aryl methyl sites for hydroxylation is 2. The predicted octanol–water partition coefficient (Wildman–Crippen LogP) is 1.66. The van der Waals surface area contributed by atoms with Gasteiger partial charge < -0.3 is 19.3 Å². The molecule has 0 aliphatic carbocycles. The van der Waals surface area contributed by atoms with Crippen LogP contribution in [0, 0.1) is 5.92 Å². The zero-order chi connectivity index (χ0) is 22.8. The average molecular weight is 442 g/mol. The lowest BCUT2D eigenvalue weighted by Gasteiger charge is -2.32. The van der Waals surface area contributed by atoms with E-state index in [1.165, 1.54) is 4.57 Å². The van der Waals surface area contributed by atoms with Crippen molar-refractivity contribution in [1.29, 1.82) is 0 Å². The van der Waals surface area contributed by atoms with Gasteiger partial charge in [0.1, 0.15) is 18.5 Å². The molecule has 1 fully saturated rings. The van der Waals surface area contributed by atoms with E-state index in [0.717, 1.165) is 37.9 Å². The van der Waals surface area contributed by atoms with E-state index in [1.807, 2.05) is 24.3 Å². The Morgan fingerprint density at radius 2 is 2.16 bits per heavy atom. The van der Waals surface area contributed by atoms with E-state index in [0.29, 0.717) is 23.3 Å². The molecular formula is C23H31N5O4. The molecule has 1 aliphatic heterocycles. The van der Waals surface area contributed by atoms with E-state index in [9.17, 15) is 14.7 Å². The van der Waals surface area contributed by atoms with Gasteiger partial charge in [-0.25, -0.2) is 4.79 Å². The zero-order valence-electron chi connectivity index (χ0n) is 18.9. The lowest BCUT2D eigenvalue weighted by Crippen LogP contribution is -2.37. The van der Waals surface area contributed by atoms with Crippen LogP contribution in [-0.2, 0) is 20.0 Å². The average Bonchev–Trinajstić information content (AvgIpc) is 3.16. The molecule has 0 unspecified atom stereocenters. The molecule has 2 aromatic heterocycles. The van der Waals surface area contributed by atoms with E-state index in [2.05, 4.69) is 28.7 Å². The normalized spacial score (nSPS) is 17.6. The highest BCUT2D eigenvalue weighted by molar-refractivity contribution is 5.74. The number of piperidine rings is 1. The van der Waals surface area contributed by atoms with Crippen molar-refractivity contribution in [2.24, 2.45) is 13.0 Å². The van der Waals surface area contributed by atoms with Crippen molar-refractivity contribution in [3.8, 4) is 5.75 Å². The van der Waals surface area contributed by atoms with Crippen LogP contribution in [0.15, 0.2) is 33.9 Å². The summed E-state index contributed by atoms with van der Waals surface area (Å²) in [5.74, 6) is 1.80. The van der Waals surface area contributed by atoms with Gasteiger partial charge in [-0.1, -0.05) is 26.0 Å². The first-order valence-corrected chi connectivity index (χ1v) is 11.2. The zero-order valence-corrected chi connectivity index (χ0v) is 18.9. The summed E-state index contributed by atoms with van der Waals surface area (Å²) in [6, 6.07) is 7.78. The topological polar surface area (TPSA) is 105 Å². The van der Waals surface area contributed by atoms with E-state index in [-0.39, 0.29) is 18.7 Å². The number of nitrogens with one attached hydrogen (secondary N) is 1. The molecule has 9 nitrogen and oxygen atoms in total. The van der Waals surface area contributed by atoms with Gasteiger partial charge in [-0.05, 0) is 42.9 Å². The molecule has 0 radical (unpaired) electrons. The van der Waals surface area contributed by atoms with Crippen molar-refractivity contribution in [2.45, 2.75) is 45.8 Å². The second-order valence-electron chi connectivity index (χ2n) is 8.67. The second-order valence-corrected chi connectivity index (χ2v) is 8.67. The molecule has 1 aliphatic rings. The number of hydrogen-bond acceptors (Lipinski definition) is 6. The first kappa shape index (κ1) is 22.1. The number of aliphatic hydroxyl groups excluding tert-OH is 1. The van der Waals surface area contributed by atoms with Crippen molar-refractivity contribution in [3.63, 3.8) is 0 Å². The van der Waals surface area contributed by atoms with Crippen molar-refractivity contribution < 1.29 is 9.84 Å². The van der Waals surface area contributed by atoms with Gasteiger partial charge in [0.25, 0.3) is 5.56 Å². The van der Waals surface area contributed by atoms with Crippen LogP contribution in [0.2, 0.25) is 0 Å². The fourth-order valence-electron chi connectivity index (χ4n) is 4.32. The summed E-state index contributed by atoms with van der Waals surface area (Å²) < 4.78 is 8.87. The Kier molecular flexibility index (Phi) is 6.36. The van der Waals surface area contributed by atoms with Crippen LogP contribution in [-0.4, -0.2) is 50.0 Å². The van der Waals surface area contributed by atoms with Crippen LogP contribution in [0.25, 0.3) is 11.2 Å². The number of benzene rings is 1. The number of aromatic amines is 1. The lowest BCUT2D eigenvalue weighted by atomic mass is 10.0. The quantitative estimate of drug-likeness (QED) is 0.578. The number of rotatable bonds is 7. The maximum atomic E-state index is 12.7. The number of nitrogens with zero attached hydrogens (tertiary/aromatic N) is 4. The molecule has 0 spiro atoms. The molecule has 2 N–H and O–H groups in total. The Labute approximate surface area is 186 Å². The molecule has 32 heavy (non-hydrogen) atoms. The fourth-order valence-corrected chi connectivity index (χ4v) is 4.32. The van der Waals surface area contributed by atoms with Crippen LogP contribution >= 0.6 is 0 Å². The Morgan fingerprint density at radius 1 is 1.34 bits per heavy atom. The summed E-state index contributed by atoms with van der Waals surface area (Å²) >= 11 is 0. The van der Waals surface area contributed by atoms with Crippen molar-refractivity contribution in [3.05, 3.63) is 50.7 Å². The second kappa shape index (κ2) is 9.20. The first-order chi connectivity index (χ1) is 15.4. The standard InChI is InChI=1S/C23H31N5O4/c1-4-16-8-5-9-18(11-16)32-14-17(29)13-28-19-20(26(3)23(31)25-21(19)30)24-22(28)27-10-6-7-15(2)12-27/h5,8-9,11,15,17,29H,4,6-7,10,12-14H2,1-3H3,(H,25,30,31)/t15-,17+/m0/s1. The van der Waals surface area contributed by atoms with Gasteiger partial charge in [0.15, 0.2) is 11.2 Å². The minimum atomic E-state index is -0.865. The predicted molar refractivity (Wildman–Crippen MR) is 124 cm³/mol. The molecule has 9 heteroatoms. The van der Waals surface area contributed by atoms with Crippen LogP contribution in [0.3, 0.4) is 0 Å². The first-order valence-electron chi connectivity index (χ1n) is 11.2. The van der Waals surface area contributed by atoms with E-state index >= 15 is 0 Å². The maximum absolute atomic E-state index is 12.7. The third-order valence-electron chi connectivity index (χ3n) is 6.07. The van der Waals surface area contributed by atoms with E-state index in [1.54, 1.807) is 11.6 Å². The minimum Gasteiger partial charge on any atom is -0.491 e. The molecule has 3 heterocycles. The summed E-state index contributed by atoms with van der Waals surface area (Å²) in [6.07, 6.45) is 2.21. The SMILES string of the molecule is CCc1cccc(OC[C@H](O)Cn2c(N3CCC[C@H](C)C3)nc3c2c(=O)[nH]c(=O)n3C)c1. The minimum absolute atomic E-state index is 0.0757. The molecule has 1 aromatic carbocycles. The number of aliphatic hydroxyl groups is 1. The number of ether oxygens (including phenoxy) is 1. The van der Waals surface area contributed by atoms with Gasteiger partial charge >= 0.3 is 5.69 Å². The Hall–Kier alpha value is -3.07. The van der Waals surface area contributed by atoms with Crippen molar-refractivity contribution >= 4 is 17.1 Å². The number of imidazole rings is 1. The summed E-state index contributed by atoms with van der Waals surface area (Å²) in [5.41, 5.74) is 0.746. The summed E-state index contributed by atoms with van der Waals surface area (Å²) in [5, 5.41) is 10.8.